The molecule has 0 bridgehead atoms. The Morgan fingerprint density at radius 1 is 0.971 bits per heavy atom. The van der Waals surface area contributed by atoms with Crippen LogP contribution in [0.4, 0.5) is 16.2 Å². The van der Waals surface area contributed by atoms with E-state index in [0.29, 0.717) is 39.5 Å². The standard InChI is InChI=1S/C27H24Cl3N3O2/c1-2-32-13-17(15-34)21(14-32)16-10-19(18-6-3-4-7-22(18)28)20-12-31-27(35)33(25(20)11-16)26-23(29)8-5-9-24(26)30/h3-11,15,17,21H,2,12-14H2,1H3,(H,31,35)/t17-,21?/m1/s1. The predicted octanol–water partition coefficient (Wildman–Crippen LogP) is 6.91. The van der Waals surface area contributed by atoms with Crippen LogP contribution in [0.3, 0.4) is 0 Å². The minimum Gasteiger partial charge on any atom is -0.333 e. The number of nitrogens with one attached hydrogen (secondary N) is 1. The first-order valence-corrected chi connectivity index (χ1v) is 12.7. The number of benzene rings is 3. The van der Waals surface area contributed by atoms with Crippen LogP contribution >= 0.6 is 34.8 Å². The molecule has 3 aromatic carbocycles. The molecule has 5 rings (SSSR count). The maximum Gasteiger partial charge on any atom is 0.326 e. The smallest absolute Gasteiger partial charge is 0.326 e. The normalized spacial score (nSPS) is 20.0. The highest BCUT2D eigenvalue weighted by Gasteiger charge is 2.36. The van der Waals surface area contributed by atoms with Crippen LogP contribution in [0.2, 0.25) is 15.1 Å². The molecule has 3 aromatic rings. The average molecular weight is 529 g/mol. The molecule has 2 aliphatic heterocycles. The second kappa shape index (κ2) is 9.82. The number of likely N-dealkylation sites (N-methyl/N-ethyl adjacent to an activating group) is 1. The van der Waals surface area contributed by atoms with Crippen molar-refractivity contribution in [1.29, 1.82) is 0 Å². The molecule has 2 aliphatic rings. The predicted molar refractivity (Wildman–Crippen MR) is 142 cm³/mol. The van der Waals surface area contributed by atoms with Gasteiger partial charge in [0.25, 0.3) is 0 Å². The molecule has 5 nitrogen and oxygen atoms in total. The van der Waals surface area contributed by atoms with Crippen LogP contribution in [0.5, 0.6) is 0 Å². The molecule has 0 spiro atoms. The number of aldehydes is 1. The van der Waals surface area contributed by atoms with E-state index in [2.05, 4.69) is 23.2 Å². The Bertz CT molecular complexity index is 1290. The third-order valence-electron chi connectivity index (χ3n) is 6.93. The lowest BCUT2D eigenvalue weighted by molar-refractivity contribution is -0.111. The average Bonchev–Trinajstić information content (AvgIpc) is 3.28. The number of hydrogen-bond donors (Lipinski definition) is 1. The molecule has 0 aliphatic carbocycles. The van der Waals surface area contributed by atoms with E-state index in [1.165, 1.54) is 4.90 Å². The fourth-order valence-corrected chi connectivity index (χ4v) is 5.94. The van der Waals surface area contributed by atoms with Gasteiger partial charge in [-0.05, 0) is 41.9 Å². The highest BCUT2D eigenvalue weighted by molar-refractivity contribution is 6.40. The summed E-state index contributed by atoms with van der Waals surface area (Å²) < 4.78 is 0. The van der Waals surface area contributed by atoms with Gasteiger partial charge in [-0.2, -0.15) is 0 Å². The van der Waals surface area contributed by atoms with E-state index in [1.807, 2.05) is 30.3 Å². The van der Waals surface area contributed by atoms with Gasteiger partial charge < -0.3 is 15.0 Å². The van der Waals surface area contributed by atoms with Crippen molar-refractivity contribution >= 4 is 58.5 Å². The molecule has 2 amide bonds. The molecule has 0 saturated carbocycles. The Labute approximate surface area is 219 Å². The maximum atomic E-state index is 13.2. The number of fused-ring (bicyclic) bond motifs is 1. The minimum atomic E-state index is -0.316. The van der Waals surface area contributed by atoms with Crippen molar-refractivity contribution in [2.45, 2.75) is 19.4 Å². The molecule has 180 valence electrons. The van der Waals surface area contributed by atoms with Gasteiger partial charge in [0.1, 0.15) is 6.29 Å². The van der Waals surface area contributed by atoms with Gasteiger partial charge in [0.05, 0.1) is 21.4 Å². The summed E-state index contributed by atoms with van der Waals surface area (Å²) in [6, 6.07) is 16.6. The Balaban J connectivity index is 1.77. The van der Waals surface area contributed by atoms with E-state index >= 15 is 0 Å². The number of anilines is 2. The summed E-state index contributed by atoms with van der Waals surface area (Å²) in [6.07, 6.45) is 1.05. The fraction of sp³-hybridized carbons (Fsp3) is 0.259. The number of nitrogens with zero attached hydrogens (tertiary/aromatic N) is 2. The molecular weight excluding hydrogens is 505 g/mol. The Hall–Kier alpha value is -2.57. The lowest BCUT2D eigenvalue weighted by Gasteiger charge is -2.34. The number of hydrogen-bond acceptors (Lipinski definition) is 3. The topological polar surface area (TPSA) is 52.6 Å². The van der Waals surface area contributed by atoms with Gasteiger partial charge in [0.2, 0.25) is 0 Å². The van der Waals surface area contributed by atoms with Gasteiger partial charge in [0.15, 0.2) is 0 Å². The summed E-state index contributed by atoms with van der Waals surface area (Å²) in [5.41, 5.74) is 4.78. The van der Waals surface area contributed by atoms with Crippen LogP contribution in [-0.2, 0) is 11.3 Å². The molecule has 1 saturated heterocycles. The number of carbonyl (C=O) groups excluding carboxylic acids is 2. The molecule has 0 radical (unpaired) electrons. The van der Waals surface area contributed by atoms with E-state index in [-0.39, 0.29) is 17.9 Å². The molecule has 2 heterocycles. The van der Waals surface area contributed by atoms with Crippen LogP contribution in [0.25, 0.3) is 11.1 Å². The number of para-hydroxylation sites is 1. The first kappa shape index (κ1) is 24.1. The molecule has 35 heavy (non-hydrogen) atoms. The van der Waals surface area contributed by atoms with E-state index in [4.69, 9.17) is 34.8 Å². The van der Waals surface area contributed by atoms with Crippen molar-refractivity contribution in [3.63, 3.8) is 0 Å². The van der Waals surface area contributed by atoms with E-state index in [9.17, 15) is 9.59 Å². The van der Waals surface area contributed by atoms with Gasteiger partial charge in [-0.1, -0.05) is 72.1 Å². The zero-order valence-corrected chi connectivity index (χ0v) is 21.4. The van der Waals surface area contributed by atoms with Crippen molar-refractivity contribution in [1.82, 2.24) is 10.2 Å². The highest BCUT2D eigenvalue weighted by Crippen LogP contribution is 2.46. The molecule has 1 fully saturated rings. The fourth-order valence-electron chi connectivity index (χ4n) is 5.14. The Kier molecular flexibility index (Phi) is 6.78. The Morgan fingerprint density at radius 3 is 2.37 bits per heavy atom. The van der Waals surface area contributed by atoms with E-state index < -0.39 is 0 Å². The number of halogens is 3. The number of likely N-dealkylation sites (tertiary alicyclic amines) is 1. The molecule has 8 heteroatoms. The number of amides is 2. The number of carbonyl (C=O) groups is 2. The summed E-state index contributed by atoms with van der Waals surface area (Å²) in [5.74, 6) is -0.144. The Morgan fingerprint density at radius 2 is 1.69 bits per heavy atom. The minimum absolute atomic E-state index is 0.00690. The van der Waals surface area contributed by atoms with Crippen LogP contribution in [-0.4, -0.2) is 36.9 Å². The van der Waals surface area contributed by atoms with Crippen molar-refractivity contribution in [3.05, 3.63) is 80.8 Å². The molecule has 2 atom stereocenters. The van der Waals surface area contributed by atoms with Gasteiger partial charge in [-0.25, -0.2) is 4.79 Å². The molecular formula is C27H24Cl3N3O2. The first-order chi connectivity index (χ1) is 16.9. The first-order valence-electron chi connectivity index (χ1n) is 11.5. The maximum absolute atomic E-state index is 13.2. The largest absolute Gasteiger partial charge is 0.333 e. The monoisotopic (exact) mass is 527 g/mol. The SMILES string of the molecule is CCN1CC(c2cc(-c3ccccc3Cl)c3c(c2)N(c2c(Cl)cccc2Cl)C(=O)NC3)[C@@H](C=O)C1. The lowest BCUT2D eigenvalue weighted by Crippen LogP contribution is -2.42. The van der Waals surface area contributed by atoms with Gasteiger partial charge in [-0.3, -0.25) is 4.90 Å². The summed E-state index contributed by atoms with van der Waals surface area (Å²) >= 11 is 19.7. The van der Waals surface area contributed by atoms with Crippen LogP contribution in [0, 0.1) is 5.92 Å². The summed E-state index contributed by atoms with van der Waals surface area (Å²) in [4.78, 5) is 29.1. The second-order valence-corrected chi connectivity index (χ2v) is 10.1. The van der Waals surface area contributed by atoms with E-state index in [0.717, 1.165) is 41.6 Å². The molecule has 1 N–H and O–H groups in total. The van der Waals surface area contributed by atoms with Crippen molar-refractivity contribution in [3.8, 4) is 11.1 Å². The highest BCUT2D eigenvalue weighted by atomic mass is 35.5. The van der Waals surface area contributed by atoms with Crippen molar-refractivity contribution in [2.75, 3.05) is 24.5 Å². The molecule has 0 aromatic heterocycles. The van der Waals surface area contributed by atoms with Crippen molar-refractivity contribution < 1.29 is 9.59 Å². The third kappa shape index (κ3) is 4.31. The third-order valence-corrected chi connectivity index (χ3v) is 7.86. The second-order valence-electron chi connectivity index (χ2n) is 8.87. The van der Waals surface area contributed by atoms with Gasteiger partial charge in [0, 0.05) is 47.6 Å². The summed E-state index contributed by atoms with van der Waals surface area (Å²) in [6.45, 7) is 4.77. The van der Waals surface area contributed by atoms with Gasteiger partial charge >= 0.3 is 6.03 Å². The summed E-state index contributed by atoms with van der Waals surface area (Å²) in [7, 11) is 0. The van der Waals surface area contributed by atoms with Crippen LogP contribution in [0.1, 0.15) is 24.0 Å². The van der Waals surface area contributed by atoms with E-state index in [1.54, 1.807) is 18.2 Å². The van der Waals surface area contributed by atoms with Crippen LogP contribution in [0.15, 0.2) is 54.6 Å². The van der Waals surface area contributed by atoms with Crippen molar-refractivity contribution in [2.24, 2.45) is 5.92 Å². The number of rotatable bonds is 5. The van der Waals surface area contributed by atoms with Gasteiger partial charge in [-0.15, -0.1) is 0 Å². The quantitative estimate of drug-likeness (QED) is 0.366. The zero-order valence-electron chi connectivity index (χ0n) is 19.1. The molecule has 1 unspecified atom stereocenters. The lowest BCUT2D eigenvalue weighted by atomic mass is 9.85. The zero-order chi connectivity index (χ0) is 24.7. The van der Waals surface area contributed by atoms with Crippen LogP contribution < -0.4 is 10.2 Å². The summed E-state index contributed by atoms with van der Waals surface area (Å²) in [5, 5.41) is 4.31. The number of urea groups is 1.